The van der Waals surface area contributed by atoms with Crippen molar-refractivity contribution in [2.75, 3.05) is 39.4 Å². The first-order chi connectivity index (χ1) is 12.3. The Morgan fingerprint density at radius 3 is 2.16 bits per heavy atom. The maximum Gasteiger partial charge on any atom is 0.0594 e. The van der Waals surface area contributed by atoms with E-state index < -0.39 is 0 Å². The molecule has 3 nitrogen and oxygen atoms in total. The predicted molar refractivity (Wildman–Crippen MR) is 104 cm³/mol. The third-order valence-electron chi connectivity index (χ3n) is 5.01. The fraction of sp³-hybridized carbons (Fsp3) is 0.455. The van der Waals surface area contributed by atoms with Crippen LogP contribution in [0.1, 0.15) is 18.1 Å². The van der Waals surface area contributed by atoms with Gasteiger partial charge in [-0.05, 0) is 24.5 Å². The molecule has 0 aliphatic carbocycles. The zero-order valence-corrected chi connectivity index (χ0v) is 15.3. The zero-order valence-electron chi connectivity index (χ0n) is 15.3. The molecular formula is C22H30N2O. The molecule has 1 heterocycles. The van der Waals surface area contributed by atoms with E-state index in [1.807, 2.05) is 0 Å². The molecule has 1 fully saturated rings. The Hall–Kier alpha value is -1.68. The van der Waals surface area contributed by atoms with Crippen molar-refractivity contribution in [3.05, 3.63) is 71.8 Å². The van der Waals surface area contributed by atoms with E-state index in [9.17, 15) is 0 Å². The van der Waals surface area contributed by atoms with Crippen molar-refractivity contribution in [3.63, 3.8) is 0 Å². The van der Waals surface area contributed by atoms with Gasteiger partial charge in [0.1, 0.15) is 0 Å². The fourth-order valence-corrected chi connectivity index (χ4v) is 3.46. The molecule has 0 spiro atoms. The normalized spacial score (nSPS) is 16.9. The first-order valence-corrected chi connectivity index (χ1v) is 9.43. The Bertz CT molecular complexity index is 596. The van der Waals surface area contributed by atoms with Crippen molar-refractivity contribution in [2.45, 2.75) is 25.9 Å². The lowest BCUT2D eigenvalue weighted by Gasteiger charge is -2.35. The molecule has 1 aliphatic rings. The van der Waals surface area contributed by atoms with Crippen LogP contribution in [-0.2, 0) is 17.7 Å². The minimum Gasteiger partial charge on any atom is -0.379 e. The minimum absolute atomic E-state index is 0.530. The molecule has 3 rings (SSSR count). The van der Waals surface area contributed by atoms with E-state index in [4.69, 9.17) is 4.74 Å². The summed E-state index contributed by atoms with van der Waals surface area (Å²) in [5.41, 5.74) is 2.81. The van der Waals surface area contributed by atoms with E-state index >= 15 is 0 Å². The fourth-order valence-electron chi connectivity index (χ4n) is 3.46. The summed E-state index contributed by atoms with van der Waals surface area (Å²) in [6.07, 6.45) is 1.10. The topological polar surface area (TPSA) is 15.7 Å². The van der Waals surface area contributed by atoms with Gasteiger partial charge in [0.05, 0.1) is 13.2 Å². The summed E-state index contributed by atoms with van der Waals surface area (Å²) in [5, 5.41) is 0. The van der Waals surface area contributed by atoms with E-state index in [-0.39, 0.29) is 0 Å². The number of rotatable bonds is 8. The second kappa shape index (κ2) is 9.71. The molecule has 1 unspecified atom stereocenters. The highest BCUT2D eigenvalue weighted by Gasteiger charge is 2.19. The largest absolute Gasteiger partial charge is 0.379 e. The molecule has 0 bridgehead atoms. The van der Waals surface area contributed by atoms with Crippen LogP contribution in [0.3, 0.4) is 0 Å². The van der Waals surface area contributed by atoms with Crippen LogP contribution in [0.15, 0.2) is 60.7 Å². The SMILES string of the molecule is CC(CN1CCOCC1)N(CCc1ccccc1)Cc1ccccc1. The maximum atomic E-state index is 5.49. The van der Waals surface area contributed by atoms with E-state index in [0.29, 0.717) is 6.04 Å². The average molecular weight is 338 g/mol. The van der Waals surface area contributed by atoms with Gasteiger partial charge in [0.25, 0.3) is 0 Å². The van der Waals surface area contributed by atoms with Gasteiger partial charge < -0.3 is 4.74 Å². The molecule has 1 atom stereocenters. The van der Waals surface area contributed by atoms with E-state index in [1.54, 1.807) is 0 Å². The first kappa shape index (κ1) is 18.1. The van der Waals surface area contributed by atoms with Gasteiger partial charge in [0.2, 0.25) is 0 Å². The van der Waals surface area contributed by atoms with Crippen LogP contribution in [-0.4, -0.2) is 55.2 Å². The molecule has 0 saturated carbocycles. The van der Waals surface area contributed by atoms with Crippen molar-refractivity contribution >= 4 is 0 Å². The van der Waals surface area contributed by atoms with Crippen LogP contribution in [0.2, 0.25) is 0 Å². The molecule has 25 heavy (non-hydrogen) atoms. The maximum absolute atomic E-state index is 5.49. The molecule has 2 aromatic carbocycles. The second-order valence-corrected chi connectivity index (χ2v) is 6.95. The van der Waals surface area contributed by atoms with Crippen LogP contribution in [0, 0.1) is 0 Å². The third kappa shape index (κ3) is 5.96. The minimum atomic E-state index is 0.530. The molecule has 0 radical (unpaired) electrons. The molecule has 3 heteroatoms. The Morgan fingerprint density at radius 1 is 0.920 bits per heavy atom. The first-order valence-electron chi connectivity index (χ1n) is 9.43. The number of hydrogen-bond donors (Lipinski definition) is 0. The lowest BCUT2D eigenvalue weighted by atomic mass is 10.1. The summed E-state index contributed by atoms with van der Waals surface area (Å²) in [5.74, 6) is 0. The Balaban J connectivity index is 1.62. The average Bonchev–Trinajstić information content (AvgIpc) is 2.67. The van der Waals surface area contributed by atoms with Crippen molar-refractivity contribution in [2.24, 2.45) is 0 Å². The highest BCUT2D eigenvalue weighted by molar-refractivity contribution is 5.16. The third-order valence-corrected chi connectivity index (χ3v) is 5.01. The van der Waals surface area contributed by atoms with Gasteiger partial charge in [-0.2, -0.15) is 0 Å². The summed E-state index contributed by atoms with van der Waals surface area (Å²) < 4.78 is 5.49. The summed E-state index contributed by atoms with van der Waals surface area (Å²) in [6, 6.07) is 22.2. The Kier molecular flexibility index (Phi) is 7.04. The summed E-state index contributed by atoms with van der Waals surface area (Å²) in [6.45, 7) is 9.44. The van der Waals surface area contributed by atoms with Crippen LogP contribution in [0.4, 0.5) is 0 Å². The van der Waals surface area contributed by atoms with Gasteiger partial charge in [0, 0.05) is 38.8 Å². The van der Waals surface area contributed by atoms with Gasteiger partial charge in [0.15, 0.2) is 0 Å². The van der Waals surface area contributed by atoms with Gasteiger partial charge in [-0.1, -0.05) is 60.7 Å². The zero-order chi connectivity index (χ0) is 17.3. The smallest absolute Gasteiger partial charge is 0.0594 e. The van der Waals surface area contributed by atoms with Crippen molar-refractivity contribution in [1.82, 2.24) is 9.80 Å². The monoisotopic (exact) mass is 338 g/mol. The number of benzene rings is 2. The molecule has 0 aromatic heterocycles. The van der Waals surface area contributed by atoms with Gasteiger partial charge in [-0.15, -0.1) is 0 Å². The highest BCUT2D eigenvalue weighted by Crippen LogP contribution is 2.12. The van der Waals surface area contributed by atoms with Gasteiger partial charge in [-0.3, -0.25) is 9.80 Å². The summed E-state index contributed by atoms with van der Waals surface area (Å²) in [7, 11) is 0. The number of ether oxygens (including phenoxy) is 1. The number of nitrogens with zero attached hydrogens (tertiary/aromatic N) is 2. The molecular weight excluding hydrogens is 308 g/mol. The Labute approximate surface area is 152 Å². The van der Waals surface area contributed by atoms with Gasteiger partial charge >= 0.3 is 0 Å². The molecule has 1 aliphatic heterocycles. The second-order valence-electron chi connectivity index (χ2n) is 6.95. The van der Waals surface area contributed by atoms with Crippen LogP contribution >= 0.6 is 0 Å². The molecule has 0 amide bonds. The van der Waals surface area contributed by atoms with E-state index in [0.717, 1.165) is 52.4 Å². The van der Waals surface area contributed by atoms with Crippen LogP contribution in [0.25, 0.3) is 0 Å². The van der Waals surface area contributed by atoms with Crippen molar-refractivity contribution in [1.29, 1.82) is 0 Å². The molecule has 1 saturated heterocycles. The quantitative estimate of drug-likeness (QED) is 0.733. The standard InChI is InChI=1S/C22H30N2O/c1-20(18-23-14-16-25-17-15-23)24(19-22-10-6-3-7-11-22)13-12-21-8-4-2-5-9-21/h2-11,20H,12-19H2,1H3. The lowest BCUT2D eigenvalue weighted by Crippen LogP contribution is -2.46. The highest BCUT2D eigenvalue weighted by atomic mass is 16.5. The number of morpholine rings is 1. The van der Waals surface area contributed by atoms with Gasteiger partial charge in [-0.25, -0.2) is 0 Å². The number of hydrogen-bond acceptors (Lipinski definition) is 3. The lowest BCUT2D eigenvalue weighted by molar-refractivity contribution is 0.0237. The van der Waals surface area contributed by atoms with Crippen molar-refractivity contribution < 1.29 is 4.74 Å². The summed E-state index contributed by atoms with van der Waals surface area (Å²) in [4.78, 5) is 5.16. The van der Waals surface area contributed by atoms with E-state index in [2.05, 4.69) is 77.4 Å². The molecule has 2 aromatic rings. The molecule has 0 N–H and O–H groups in total. The van der Waals surface area contributed by atoms with Crippen LogP contribution < -0.4 is 0 Å². The van der Waals surface area contributed by atoms with Crippen molar-refractivity contribution in [3.8, 4) is 0 Å². The van der Waals surface area contributed by atoms with Crippen LogP contribution in [0.5, 0.6) is 0 Å². The summed E-state index contributed by atoms with van der Waals surface area (Å²) >= 11 is 0. The Morgan fingerprint density at radius 2 is 1.52 bits per heavy atom. The molecule has 134 valence electrons. The predicted octanol–water partition coefficient (Wildman–Crippen LogP) is 3.45. The van der Waals surface area contributed by atoms with E-state index in [1.165, 1.54) is 11.1 Å².